The number of carbonyl (C=O) groups is 1. The molecule has 0 spiro atoms. The van der Waals surface area contributed by atoms with Gasteiger partial charge in [-0.15, -0.1) is 5.10 Å². The quantitative estimate of drug-likeness (QED) is 0.424. The van der Waals surface area contributed by atoms with Gasteiger partial charge in [0.2, 0.25) is 5.16 Å². The van der Waals surface area contributed by atoms with E-state index in [0.29, 0.717) is 34.3 Å². The lowest BCUT2D eigenvalue weighted by molar-refractivity contribution is -0.141. The average Bonchev–Trinajstić information content (AvgIpc) is 3.20. The monoisotopic (exact) mass is 395 g/mol. The fraction of sp³-hybridized carbons (Fsp3) is 0.211. The topological polar surface area (TPSA) is 103 Å². The highest BCUT2D eigenvalue weighted by Gasteiger charge is 2.15. The predicted molar refractivity (Wildman–Crippen MR) is 102 cm³/mol. The number of hydrogen-bond acceptors (Lipinski definition) is 8. The molecule has 0 aliphatic rings. The maximum absolute atomic E-state index is 12.1. The van der Waals surface area contributed by atoms with E-state index >= 15 is 0 Å². The molecule has 0 amide bonds. The third kappa shape index (κ3) is 4.66. The molecule has 0 saturated heterocycles. The Hall–Kier alpha value is -3.38. The van der Waals surface area contributed by atoms with Gasteiger partial charge in [-0.3, -0.25) is 4.79 Å². The van der Waals surface area contributed by atoms with Crippen LogP contribution in [0.25, 0.3) is 5.69 Å². The Morgan fingerprint density at radius 1 is 1.21 bits per heavy atom. The van der Waals surface area contributed by atoms with Gasteiger partial charge in [0.1, 0.15) is 18.0 Å². The highest BCUT2D eigenvalue weighted by molar-refractivity contribution is 7.99. The predicted octanol–water partition coefficient (Wildman–Crippen LogP) is 2.77. The SMILES string of the molecule is CCOc1ccccc1-n1nnnc1SCC(=O)OCc1ccccc1C#N. The van der Waals surface area contributed by atoms with Crippen molar-refractivity contribution in [3.63, 3.8) is 0 Å². The van der Waals surface area contributed by atoms with Crippen molar-refractivity contribution in [2.45, 2.75) is 18.7 Å². The number of ether oxygens (including phenoxy) is 2. The first-order chi connectivity index (χ1) is 13.7. The van der Waals surface area contributed by atoms with Crippen LogP contribution in [0.5, 0.6) is 5.75 Å². The average molecular weight is 395 g/mol. The van der Waals surface area contributed by atoms with Crippen molar-refractivity contribution in [1.82, 2.24) is 20.2 Å². The number of nitriles is 1. The van der Waals surface area contributed by atoms with Crippen molar-refractivity contribution in [3.05, 3.63) is 59.7 Å². The zero-order chi connectivity index (χ0) is 19.8. The molecule has 9 heteroatoms. The number of esters is 1. The molecule has 0 unspecified atom stereocenters. The zero-order valence-corrected chi connectivity index (χ0v) is 15.9. The molecule has 2 aromatic carbocycles. The minimum atomic E-state index is -0.426. The molecule has 0 aliphatic heterocycles. The summed E-state index contributed by atoms with van der Waals surface area (Å²) < 4.78 is 12.4. The summed E-state index contributed by atoms with van der Waals surface area (Å²) in [6.45, 7) is 2.45. The molecule has 0 fully saturated rings. The zero-order valence-electron chi connectivity index (χ0n) is 15.1. The summed E-state index contributed by atoms with van der Waals surface area (Å²) in [6.07, 6.45) is 0. The van der Waals surface area contributed by atoms with E-state index in [1.807, 2.05) is 31.2 Å². The number of carbonyl (C=O) groups excluding carboxylic acids is 1. The molecule has 8 nitrogen and oxygen atoms in total. The molecular weight excluding hydrogens is 378 g/mol. The van der Waals surface area contributed by atoms with E-state index in [9.17, 15) is 4.79 Å². The largest absolute Gasteiger partial charge is 0.492 e. The van der Waals surface area contributed by atoms with Gasteiger partial charge in [-0.25, -0.2) is 0 Å². The van der Waals surface area contributed by atoms with Crippen LogP contribution in [0.4, 0.5) is 0 Å². The fourth-order valence-electron chi connectivity index (χ4n) is 2.41. The van der Waals surface area contributed by atoms with E-state index in [1.54, 1.807) is 24.3 Å². The van der Waals surface area contributed by atoms with Gasteiger partial charge in [-0.2, -0.15) is 9.94 Å². The number of para-hydroxylation sites is 2. The van der Waals surface area contributed by atoms with Crippen molar-refractivity contribution < 1.29 is 14.3 Å². The van der Waals surface area contributed by atoms with Gasteiger partial charge in [0, 0.05) is 5.56 Å². The van der Waals surface area contributed by atoms with Crippen molar-refractivity contribution in [3.8, 4) is 17.5 Å². The van der Waals surface area contributed by atoms with Gasteiger partial charge in [-0.1, -0.05) is 42.1 Å². The number of hydrogen-bond donors (Lipinski definition) is 0. The van der Waals surface area contributed by atoms with Gasteiger partial charge in [0.15, 0.2) is 0 Å². The Balaban J connectivity index is 1.63. The van der Waals surface area contributed by atoms with Crippen molar-refractivity contribution in [1.29, 1.82) is 5.26 Å². The number of benzene rings is 2. The fourth-order valence-corrected chi connectivity index (χ4v) is 3.09. The van der Waals surface area contributed by atoms with Crippen LogP contribution in [0.15, 0.2) is 53.7 Å². The third-order valence-corrected chi connectivity index (χ3v) is 4.57. The molecule has 1 aromatic heterocycles. The van der Waals surface area contributed by atoms with Crippen molar-refractivity contribution in [2.24, 2.45) is 0 Å². The Morgan fingerprint density at radius 3 is 2.82 bits per heavy atom. The van der Waals surface area contributed by atoms with Crippen LogP contribution in [0.1, 0.15) is 18.1 Å². The van der Waals surface area contributed by atoms with Crippen molar-refractivity contribution >= 4 is 17.7 Å². The van der Waals surface area contributed by atoms with Crippen LogP contribution < -0.4 is 4.74 Å². The number of rotatable bonds is 8. The molecule has 1 heterocycles. The lowest BCUT2D eigenvalue weighted by Gasteiger charge is -2.10. The molecule has 0 radical (unpaired) electrons. The Kier molecular flexibility index (Phi) is 6.59. The number of nitrogens with zero attached hydrogens (tertiary/aromatic N) is 5. The highest BCUT2D eigenvalue weighted by atomic mass is 32.2. The number of thioether (sulfide) groups is 1. The van der Waals surface area contributed by atoms with E-state index in [1.165, 1.54) is 4.68 Å². The van der Waals surface area contributed by atoms with E-state index in [4.69, 9.17) is 14.7 Å². The second kappa shape index (κ2) is 9.53. The van der Waals surface area contributed by atoms with Crippen LogP contribution in [0.2, 0.25) is 0 Å². The lowest BCUT2D eigenvalue weighted by atomic mass is 10.1. The van der Waals surface area contributed by atoms with Gasteiger partial charge in [0.05, 0.1) is 24.0 Å². The van der Waals surface area contributed by atoms with Crippen LogP contribution in [-0.2, 0) is 16.1 Å². The van der Waals surface area contributed by atoms with E-state index in [2.05, 4.69) is 21.6 Å². The van der Waals surface area contributed by atoms with Crippen LogP contribution in [0.3, 0.4) is 0 Å². The van der Waals surface area contributed by atoms with E-state index in [-0.39, 0.29) is 12.4 Å². The smallest absolute Gasteiger partial charge is 0.316 e. The van der Waals surface area contributed by atoms with Crippen molar-refractivity contribution in [2.75, 3.05) is 12.4 Å². The molecular formula is C19H17N5O3S. The van der Waals surface area contributed by atoms with Gasteiger partial charge in [-0.05, 0) is 35.5 Å². The molecule has 0 atom stereocenters. The van der Waals surface area contributed by atoms with E-state index < -0.39 is 5.97 Å². The first-order valence-electron chi connectivity index (χ1n) is 8.50. The minimum absolute atomic E-state index is 0.0336. The van der Waals surface area contributed by atoms with E-state index in [0.717, 1.165) is 11.8 Å². The first-order valence-corrected chi connectivity index (χ1v) is 9.48. The normalized spacial score (nSPS) is 10.3. The minimum Gasteiger partial charge on any atom is -0.492 e. The Labute approximate surface area is 166 Å². The molecule has 142 valence electrons. The van der Waals surface area contributed by atoms with Crippen LogP contribution in [0, 0.1) is 11.3 Å². The molecule has 0 saturated carbocycles. The van der Waals surface area contributed by atoms with Gasteiger partial charge in [0.25, 0.3) is 0 Å². The second-order valence-electron chi connectivity index (χ2n) is 5.49. The maximum Gasteiger partial charge on any atom is 0.316 e. The molecule has 3 rings (SSSR count). The summed E-state index contributed by atoms with van der Waals surface area (Å²) >= 11 is 1.16. The standard InChI is InChI=1S/C19H17N5O3S/c1-2-26-17-10-6-5-9-16(17)24-19(21-22-23-24)28-13-18(25)27-12-15-8-4-3-7-14(15)11-20/h3-10H,2,12-13H2,1H3. The second-order valence-corrected chi connectivity index (χ2v) is 6.43. The Bertz CT molecular complexity index is 999. The molecule has 0 aliphatic carbocycles. The summed E-state index contributed by atoms with van der Waals surface area (Å²) in [5, 5.41) is 21.2. The first kappa shape index (κ1) is 19.4. The Morgan fingerprint density at radius 2 is 2.00 bits per heavy atom. The summed E-state index contributed by atoms with van der Waals surface area (Å²) in [7, 11) is 0. The molecule has 28 heavy (non-hydrogen) atoms. The highest BCUT2D eigenvalue weighted by Crippen LogP contribution is 2.26. The molecule has 3 aromatic rings. The van der Waals surface area contributed by atoms with Crippen LogP contribution >= 0.6 is 11.8 Å². The summed E-state index contributed by atoms with van der Waals surface area (Å²) in [5.41, 5.74) is 1.84. The van der Waals surface area contributed by atoms with Gasteiger partial charge < -0.3 is 9.47 Å². The van der Waals surface area contributed by atoms with Gasteiger partial charge >= 0.3 is 5.97 Å². The van der Waals surface area contributed by atoms with Crippen LogP contribution in [-0.4, -0.2) is 38.5 Å². The summed E-state index contributed by atoms with van der Waals surface area (Å²) in [5.74, 6) is 0.256. The number of tetrazole rings is 1. The summed E-state index contributed by atoms with van der Waals surface area (Å²) in [4.78, 5) is 12.1. The lowest BCUT2D eigenvalue weighted by Crippen LogP contribution is -2.09. The number of aromatic nitrogens is 4. The maximum atomic E-state index is 12.1. The molecule has 0 bridgehead atoms. The third-order valence-electron chi connectivity index (χ3n) is 3.68. The molecule has 0 N–H and O–H groups in total. The summed E-state index contributed by atoms with van der Waals surface area (Å²) in [6, 6.07) is 16.5.